The molecule has 0 saturated carbocycles. The Balaban J connectivity index is 2.52. The SMILES string of the molecule is CNC(=O)c1ccccc1-c1cnn(C)c1. The number of hydrogen-bond donors (Lipinski definition) is 1. The van der Waals surface area contributed by atoms with E-state index < -0.39 is 0 Å². The molecule has 4 nitrogen and oxygen atoms in total. The smallest absolute Gasteiger partial charge is 0.251 e. The van der Waals surface area contributed by atoms with Crippen LogP contribution in [-0.2, 0) is 7.05 Å². The zero-order valence-electron chi connectivity index (χ0n) is 9.27. The maximum Gasteiger partial charge on any atom is 0.251 e. The van der Waals surface area contributed by atoms with Gasteiger partial charge in [-0.15, -0.1) is 0 Å². The van der Waals surface area contributed by atoms with Crippen molar-refractivity contribution in [1.29, 1.82) is 0 Å². The minimum atomic E-state index is -0.0838. The predicted molar refractivity (Wildman–Crippen MR) is 62.0 cm³/mol. The van der Waals surface area contributed by atoms with E-state index in [2.05, 4.69) is 10.4 Å². The second-order valence-corrected chi connectivity index (χ2v) is 3.53. The van der Waals surface area contributed by atoms with E-state index in [1.165, 1.54) is 0 Å². The van der Waals surface area contributed by atoms with E-state index in [0.29, 0.717) is 5.56 Å². The second-order valence-electron chi connectivity index (χ2n) is 3.53. The molecule has 2 aromatic rings. The quantitative estimate of drug-likeness (QED) is 0.824. The van der Waals surface area contributed by atoms with Gasteiger partial charge in [-0.3, -0.25) is 9.48 Å². The molecule has 1 amide bonds. The number of aryl methyl sites for hydroxylation is 1. The van der Waals surface area contributed by atoms with E-state index in [1.54, 1.807) is 24.0 Å². The van der Waals surface area contributed by atoms with Gasteiger partial charge in [0.25, 0.3) is 5.91 Å². The van der Waals surface area contributed by atoms with E-state index in [-0.39, 0.29) is 5.91 Å². The van der Waals surface area contributed by atoms with Crippen molar-refractivity contribution >= 4 is 5.91 Å². The monoisotopic (exact) mass is 215 g/mol. The Labute approximate surface area is 93.9 Å². The summed E-state index contributed by atoms with van der Waals surface area (Å²) in [7, 11) is 3.48. The van der Waals surface area contributed by atoms with E-state index in [9.17, 15) is 4.79 Å². The molecule has 0 unspecified atom stereocenters. The molecule has 0 saturated heterocycles. The molecule has 0 aliphatic heterocycles. The van der Waals surface area contributed by atoms with Crippen LogP contribution in [0.15, 0.2) is 36.7 Å². The molecule has 0 fully saturated rings. The van der Waals surface area contributed by atoms with Crippen LogP contribution in [0.4, 0.5) is 0 Å². The fraction of sp³-hybridized carbons (Fsp3) is 0.167. The normalized spacial score (nSPS) is 10.1. The number of aromatic nitrogens is 2. The molecule has 0 aliphatic carbocycles. The summed E-state index contributed by atoms with van der Waals surface area (Å²) in [6.45, 7) is 0. The molecule has 1 aromatic heterocycles. The molecule has 0 atom stereocenters. The Morgan fingerprint density at radius 1 is 1.38 bits per heavy atom. The van der Waals surface area contributed by atoms with Gasteiger partial charge in [-0.1, -0.05) is 18.2 Å². The first-order chi connectivity index (χ1) is 7.72. The van der Waals surface area contributed by atoms with Crippen molar-refractivity contribution in [1.82, 2.24) is 15.1 Å². The van der Waals surface area contributed by atoms with Crippen molar-refractivity contribution in [2.24, 2.45) is 7.05 Å². The van der Waals surface area contributed by atoms with Crippen LogP contribution in [0.25, 0.3) is 11.1 Å². The Hall–Kier alpha value is -2.10. The second kappa shape index (κ2) is 4.18. The topological polar surface area (TPSA) is 46.9 Å². The summed E-state index contributed by atoms with van der Waals surface area (Å²) in [5, 5.41) is 6.74. The lowest BCUT2D eigenvalue weighted by atomic mass is 10.0. The molecule has 0 aliphatic rings. The summed E-state index contributed by atoms with van der Waals surface area (Å²) in [6, 6.07) is 7.49. The zero-order valence-corrected chi connectivity index (χ0v) is 9.27. The number of hydrogen-bond acceptors (Lipinski definition) is 2. The lowest BCUT2D eigenvalue weighted by Gasteiger charge is -2.05. The minimum Gasteiger partial charge on any atom is -0.355 e. The highest BCUT2D eigenvalue weighted by molar-refractivity contribution is 6.00. The standard InChI is InChI=1S/C12H13N3O/c1-13-12(16)11-6-4-3-5-10(11)9-7-14-15(2)8-9/h3-8H,1-2H3,(H,13,16). The Kier molecular flexibility index (Phi) is 2.72. The van der Waals surface area contributed by atoms with Gasteiger partial charge < -0.3 is 5.32 Å². The van der Waals surface area contributed by atoms with E-state index >= 15 is 0 Å². The van der Waals surface area contributed by atoms with Crippen molar-refractivity contribution < 1.29 is 4.79 Å². The average Bonchev–Trinajstić information content (AvgIpc) is 2.75. The Morgan fingerprint density at radius 3 is 2.75 bits per heavy atom. The van der Waals surface area contributed by atoms with E-state index in [1.807, 2.05) is 31.4 Å². The van der Waals surface area contributed by atoms with Gasteiger partial charge in [0.15, 0.2) is 0 Å². The average molecular weight is 215 g/mol. The van der Waals surface area contributed by atoms with Crippen LogP contribution in [-0.4, -0.2) is 22.7 Å². The summed E-state index contributed by atoms with van der Waals surface area (Å²) in [5.74, 6) is -0.0838. The Bertz CT molecular complexity index is 516. The van der Waals surface area contributed by atoms with Gasteiger partial charge in [0, 0.05) is 31.4 Å². The van der Waals surface area contributed by atoms with Crippen molar-refractivity contribution in [3.63, 3.8) is 0 Å². The third kappa shape index (κ3) is 1.82. The first-order valence-electron chi connectivity index (χ1n) is 5.02. The lowest BCUT2D eigenvalue weighted by Crippen LogP contribution is -2.18. The summed E-state index contributed by atoms with van der Waals surface area (Å²) in [5.41, 5.74) is 2.51. The lowest BCUT2D eigenvalue weighted by molar-refractivity contribution is 0.0963. The predicted octanol–water partition coefficient (Wildman–Crippen LogP) is 1.45. The highest BCUT2D eigenvalue weighted by Gasteiger charge is 2.11. The number of carbonyl (C=O) groups is 1. The summed E-state index contributed by atoms with van der Waals surface area (Å²) >= 11 is 0. The number of benzene rings is 1. The first-order valence-corrected chi connectivity index (χ1v) is 5.02. The summed E-state index contributed by atoms with van der Waals surface area (Å²) < 4.78 is 1.72. The van der Waals surface area contributed by atoms with Crippen LogP contribution in [0.2, 0.25) is 0 Å². The largest absolute Gasteiger partial charge is 0.355 e. The van der Waals surface area contributed by atoms with Gasteiger partial charge in [0.2, 0.25) is 0 Å². The van der Waals surface area contributed by atoms with E-state index in [0.717, 1.165) is 11.1 Å². The number of rotatable bonds is 2. The highest BCUT2D eigenvalue weighted by Crippen LogP contribution is 2.22. The molecule has 1 N–H and O–H groups in total. The third-order valence-electron chi connectivity index (χ3n) is 2.41. The van der Waals surface area contributed by atoms with Gasteiger partial charge in [0.05, 0.1) is 6.20 Å². The fourth-order valence-corrected chi connectivity index (χ4v) is 1.63. The maximum absolute atomic E-state index is 11.7. The van der Waals surface area contributed by atoms with Crippen molar-refractivity contribution in [2.45, 2.75) is 0 Å². The van der Waals surface area contributed by atoms with E-state index in [4.69, 9.17) is 0 Å². The van der Waals surface area contributed by atoms with Crippen LogP contribution in [0.3, 0.4) is 0 Å². The van der Waals surface area contributed by atoms with Crippen LogP contribution in [0.1, 0.15) is 10.4 Å². The highest BCUT2D eigenvalue weighted by atomic mass is 16.1. The number of nitrogens with zero attached hydrogens (tertiary/aromatic N) is 2. The maximum atomic E-state index is 11.7. The number of nitrogens with one attached hydrogen (secondary N) is 1. The van der Waals surface area contributed by atoms with Crippen LogP contribution in [0.5, 0.6) is 0 Å². The van der Waals surface area contributed by atoms with Gasteiger partial charge in [-0.25, -0.2) is 0 Å². The van der Waals surface area contributed by atoms with Gasteiger partial charge in [0.1, 0.15) is 0 Å². The number of carbonyl (C=O) groups excluding carboxylic acids is 1. The molecule has 0 bridgehead atoms. The molecule has 82 valence electrons. The van der Waals surface area contributed by atoms with Gasteiger partial charge in [-0.05, 0) is 11.6 Å². The molecule has 2 rings (SSSR count). The molecule has 1 aromatic carbocycles. The fourth-order valence-electron chi connectivity index (χ4n) is 1.63. The Morgan fingerprint density at radius 2 is 2.12 bits per heavy atom. The summed E-state index contributed by atoms with van der Waals surface area (Å²) in [4.78, 5) is 11.7. The van der Waals surface area contributed by atoms with Crippen molar-refractivity contribution in [3.8, 4) is 11.1 Å². The molecule has 16 heavy (non-hydrogen) atoms. The first kappa shape index (κ1) is 10.4. The molecule has 4 heteroatoms. The van der Waals surface area contributed by atoms with Gasteiger partial charge in [-0.2, -0.15) is 5.10 Å². The van der Waals surface area contributed by atoms with Crippen molar-refractivity contribution in [3.05, 3.63) is 42.2 Å². The van der Waals surface area contributed by atoms with Crippen molar-refractivity contribution in [2.75, 3.05) is 7.05 Å². The van der Waals surface area contributed by atoms with Crippen LogP contribution in [0, 0.1) is 0 Å². The molecular formula is C12H13N3O. The zero-order chi connectivity index (χ0) is 11.5. The molecule has 0 radical (unpaired) electrons. The number of amides is 1. The minimum absolute atomic E-state index is 0.0838. The van der Waals surface area contributed by atoms with Crippen LogP contribution >= 0.6 is 0 Å². The van der Waals surface area contributed by atoms with Crippen LogP contribution < -0.4 is 5.32 Å². The third-order valence-corrected chi connectivity index (χ3v) is 2.41. The molecule has 0 spiro atoms. The molecule has 1 heterocycles. The summed E-state index contributed by atoms with van der Waals surface area (Å²) in [6.07, 6.45) is 3.64. The van der Waals surface area contributed by atoms with Gasteiger partial charge >= 0.3 is 0 Å². The molecular weight excluding hydrogens is 202 g/mol.